The fourth-order valence-electron chi connectivity index (χ4n) is 1.98. The van der Waals surface area contributed by atoms with Crippen LogP contribution in [0.15, 0.2) is 36.4 Å². The summed E-state index contributed by atoms with van der Waals surface area (Å²) in [7, 11) is 1.63. The topological polar surface area (TPSA) is 64.7 Å². The first-order chi connectivity index (χ1) is 11.5. The highest BCUT2D eigenvalue weighted by atomic mass is 32.1. The Hall–Kier alpha value is -2.00. The number of benzene rings is 1. The number of methoxy groups -OCH3 is 1. The van der Waals surface area contributed by atoms with Gasteiger partial charge in [0.05, 0.1) is 18.6 Å². The SMILES string of the molecule is COc1ccc(OCC#Cc2ccc(CCC(C)(N)CO)s2)cc1. The van der Waals surface area contributed by atoms with Gasteiger partial charge in [-0.05, 0) is 56.2 Å². The maximum absolute atomic E-state index is 9.18. The molecular formula is C19H23NO3S. The third-order valence-corrected chi connectivity index (χ3v) is 4.61. The molecule has 5 heteroatoms. The summed E-state index contributed by atoms with van der Waals surface area (Å²) in [4.78, 5) is 2.23. The Balaban J connectivity index is 1.81. The Morgan fingerprint density at radius 1 is 1.17 bits per heavy atom. The lowest BCUT2D eigenvalue weighted by molar-refractivity contribution is 0.201. The van der Waals surface area contributed by atoms with Gasteiger partial charge in [-0.2, -0.15) is 0 Å². The minimum atomic E-state index is -0.526. The van der Waals surface area contributed by atoms with Gasteiger partial charge in [0.1, 0.15) is 18.1 Å². The predicted molar refractivity (Wildman–Crippen MR) is 97.7 cm³/mol. The molecule has 0 spiro atoms. The van der Waals surface area contributed by atoms with Crippen LogP contribution in [0, 0.1) is 11.8 Å². The molecule has 24 heavy (non-hydrogen) atoms. The van der Waals surface area contributed by atoms with Crippen LogP contribution in [0.3, 0.4) is 0 Å². The molecule has 2 aromatic rings. The fraction of sp³-hybridized carbons (Fsp3) is 0.368. The van der Waals surface area contributed by atoms with Gasteiger partial charge in [0.2, 0.25) is 0 Å². The van der Waals surface area contributed by atoms with E-state index in [9.17, 15) is 5.11 Å². The van der Waals surface area contributed by atoms with E-state index in [1.165, 1.54) is 4.88 Å². The number of nitrogens with two attached hydrogens (primary N) is 1. The molecule has 2 rings (SSSR count). The normalized spacial score (nSPS) is 12.8. The van der Waals surface area contributed by atoms with E-state index in [2.05, 4.69) is 17.9 Å². The van der Waals surface area contributed by atoms with Crippen molar-refractivity contribution in [3.8, 4) is 23.3 Å². The maximum Gasteiger partial charge on any atom is 0.149 e. The van der Waals surface area contributed by atoms with Crippen molar-refractivity contribution in [2.75, 3.05) is 20.3 Å². The van der Waals surface area contributed by atoms with Crippen LogP contribution in [0.5, 0.6) is 11.5 Å². The monoisotopic (exact) mass is 345 g/mol. The minimum absolute atomic E-state index is 0.00621. The summed E-state index contributed by atoms with van der Waals surface area (Å²) < 4.78 is 10.7. The fourth-order valence-corrected chi connectivity index (χ4v) is 2.86. The second-order valence-electron chi connectivity index (χ2n) is 5.84. The standard InChI is InChI=1S/C19H23NO3S/c1-19(20,14-21)12-11-18-10-9-17(24-18)4-3-13-23-16-7-5-15(22-2)6-8-16/h5-10,21H,11-14,20H2,1-2H3. The predicted octanol–water partition coefficient (Wildman–Crippen LogP) is 2.83. The van der Waals surface area contributed by atoms with Gasteiger partial charge >= 0.3 is 0 Å². The number of rotatable bonds is 7. The van der Waals surface area contributed by atoms with Crippen molar-refractivity contribution in [1.29, 1.82) is 0 Å². The highest BCUT2D eigenvalue weighted by Gasteiger charge is 2.16. The average Bonchev–Trinajstić information content (AvgIpc) is 3.05. The minimum Gasteiger partial charge on any atom is -0.497 e. The van der Waals surface area contributed by atoms with E-state index in [0.29, 0.717) is 6.61 Å². The lowest BCUT2D eigenvalue weighted by atomic mass is 9.98. The Kier molecular flexibility index (Phi) is 6.68. The molecule has 0 saturated heterocycles. The third kappa shape index (κ3) is 5.89. The maximum atomic E-state index is 9.18. The molecule has 0 radical (unpaired) electrons. The zero-order valence-electron chi connectivity index (χ0n) is 14.0. The van der Waals surface area contributed by atoms with E-state index in [1.54, 1.807) is 18.4 Å². The molecule has 128 valence electrons. The molecule has 3 N–H and O–H groups in total. The molecule has 0 aliphatic heterocycles. The number of aryl methyl sites for hydroxylation is 1. The van der Waals surface area contributed by atoms with Crippen LogP contribution < -0.4 is 15.2 Å². The van der Waals surface area contributed by atoms with E-state index in [0.717, 1.165) is 29.2 Å². The van der Waals surface area contributed by atoms with Gasteiger partial charge in [-0.3, -0.25) is 0 Å². The largest absolute Gasteiger partial charge is 0.497 e. The molecule has 1 aromatic heterocycles. The third-order valence-electron chi connectivity index (χ3n) is 3.55. The summed E-state index contributed by atoms with van der Waals surface area (Å²) >= 11 is 1.65. The summed E-state index contributed by atoms with van der Waals surface area (Å²) in [6.07, 6.45) is 1.60. The lowest BCUT2D eigenvalue weighted by Crippen LogP contribution is -2.40. The van der Waals surface area contributed by atoms with E-state index in [4.69, 9.17) is 15.2 Å². The summed E-state index contributed by atoms with van der Waals surface area (Å²) in [6, 6.07) is 11.5. The quantitative estimate of drug-likeness (QED) is 0.758. The van der Waals surface area contributed by atoms with E-state index in [1.807, 2.05) is 37.3 Å². The Labute approximate surface area is 147 Å². The van der Waals surface area contributed by atoms with E-state index in [-0.39, 0.29) is 6.61 Å². The smallest absolute Gasteiger partial charge is 0.149 e. The molecule has 0 aliphatic rings. The van der Waals surface area contributed by atoms with Crippen LogP contribution in [-0.4, -0.2) is 31.0 Å². The molecular weight excluding hydrogens is 322 g/mol. The van der Waals surface area contributed by atoms with Gasteiger partial charge in [0, 0.05) is 10.4 Å². The molecule has 1 heterocycles. The van der Waals surface area contributed by atoms with Gasteiger partial charge < -0.3 is 20.3 Å². The molecule has 0 aliphatic carbocycles. The van der Waals surface area contributed by atoms with Gasteiger partial charge in [-0.1, -0.05) is 11.8 Å². The Morgan fingerprint density at radius 2 is 1.88 bits per heavy atom. The first-order valence-electron chi connectivity index (χ1n) is 7.76. The summed E-state index contributed by atoms with van der Waals surface area (Å²) in [5.74, 6) is 7.69. The summed E-state index contributed by atoms with van der Waals surface area (Å²) in [5, 5.41) is 9.18. The second kappa shape index (κ2) is 8.74. The van der Waals surface area contributed by atoms with Crippen molar-refractivity contribution in [3.63, 3.8) is 0 Å². The first kappa shape index (κ1) is 18.3. The van der Waals surface area contributed by atoms with E-state index >= 15 is 0 Å². The number of hydrogen-bond acceptors (Lipinski definition) is 5. The lowest BCUT2D eigenvalue weighted by Gasteiger charge is -2.20. The van der Waals surface area contributed by atoms with Gasteiger partial charge in [-0.25, -0.2) is 0 Å². The number of ether oxygens (including phenoxy) is 2. The van der Waals surface area contributed by atoms with Crippen LogP contribution in [0.4, 0.5) is 0 Å². The highest BCUT2D eigenvalue weighted by Crippen LogP contribution is 2.20. The number of thiophene rings is 1. The van der Waals surface area contributed by atoms with Crippen LogP contribution >= 0.6 is 11.3 Å². The van der Waals surface area contributed by atoms with Crippen molar-refractivity contribution in [2.24, 2.45) is 5.73 Å². The van der Waals surface area contributed by atoms with Crippen molar-refractivity contribution < 1.29 is 14.6 Å². The van der Waals surface area contributed by atoms with E-state index < -0.39 is 5.54 Å². The number of aliphatic hydroxyl groups excluding tert-OH is 1. The highest BCUT2D eigenvalue weighted by molar-refractivity contribution is 7.12. The molecule has 1 unspecified atom stereocenters. The Bertz CT molecular complexity index is 695. The van der Waals surface area contributed by atoms with Crippen molar-refractivity contribution >= 4 is 11.3 Å². The molecule has 0 fully saturated rings. The number of hydrogen-bond donors (Lipinski definition) is 2. The molecule has 0 bridgehead atoms. The molecule has 1 aromatic carbocycles. The summed E-state index contributed by atoms with van der Waals surface area (Å²) in [5.41, 5.74) is 5.42. The Morgan fingerprint density at radius 3 is 2.54 bits per heavy atom. The van der Waals surface area contributed by atoms with Gasteiger partial charge in [0.25, 0.3) is 0 Å². The second-order valence-corrected chi connectivity index (χ2v) is 7.01. The van der Waals surface area contributed by atoms with Gasteiger partial charge in [0.15, 0.2) is 0 Å². The summed E-state index contributed by atoms with van der Waals surface area (Å²) in [6.45, 7) is 2.19. The van der Waals surface area contributed by atoms with Crippen LogP contribution in [0.2, 0.25) is 0 Å². The van der Waals surface area contributed by atoms with Crippen molar-refractivity contribution in [3.05, 3.63) is 46.2 Å². The van der Waals surface area contributed by atoms with Crippen molar-refractivity contribution in [2.45, 2.75) is 25.3 Å². The zero-order chi connectivity index (χ0) is 17.4. The van der Waals surface area contributed by atoms with Gasteiger partial charge in [-0.15, -0.1) is 11.3 Å². The first-order valence-corrected chi connectivity index (χ1v) is 8.58. The molecule has 1 atom stereocenters. The average molecular weight is 345 g/mol. The zero-order valence-corrected chi connectivity index (χ0v) is 14.9. The van der Waals surface area contributed by atoms with Crippen LogP contribution in [0.1, 0.15) is 23.1 Å². The molecule has 0 amide bonds. The molecule has 0 saturated carbocycles. The number of aliphatic hydroxyl groups is 1. The van der Waals surface area contributed by atoms with Crippen LogP contribution in [0.25, 0.3) is 0 Å². The van der Waals surface area contributed by atoms with Crippen LogP contribution in [-0.2, 0) is 6.42 Å². The molecule has 4 nitrogen and oxygen atoms in total. The van der Waals surface area contributed by atoms with Crippen molar-refractivity contribution in [1.82, 2.24) is 0 Å².